The normalized spacial score (nSPS) is 14.2. The first kappa shape index (κ1) is 15.6. The van der Waals surface area contributed by atoms with E-state index in [9.17, 15) is 21.6 Å². The van der Waals surface area contributed by atoms with E-state index in [0.717, 1.165) is 6.26 Å². The average Bonchev–Trinajstić information content (AvgIpc) is 2.64. The molecule has 0 spiro atoms. The predicted molar refractivity (Wildman–Crippen MR) is 65.5 cm³/mol. The molecule has 0 aliphatic carbocycles. The molecule has 0 aromatic carbocycles. The highest BCUT2D eigenvalue weighted by atomic mass is 32.3. The van der Waals surface area contributed by atoms with E-state index in [1.54, 1.807) is 0 Å². The summed E-state index contributed by atoms with van der Waals surface area (Å²) in [7, 11) is -8.02. The summed E-state index contributed by atoms with van der Waals surface area (Å²) < 4.78 is 46.7. The molecule has 1 heterocycles. The minimum Gasteiger partial charge on any atom is -0.480 e. The van der Waals surface area contributed by atoms with Gasteiger partial charge in [-0.15, -0.1) is 0 Å². The van der Waals surface area contributed by atoms with Crippen LogP contribution in [0.25, 0.3) is 0 Å². The summed E-state index contributed by atoms with van der Waals surface area (Å²) in [4.78, 5) is 17.3. The van der Waals surface area contributed by atoms with Crippen molar-refractivity contribution in [2.24, 2.45) is 0 Å². The number of sulfone groups is 1. The number of nitrogens with one attached hydrogen (secondary N) is 2. The van der Waals surface area contributed by atoms with Gasteiger partial charge in [0, 0.05) is 24.6 Å². The van der Waals surface area contributed by atoms with E-state index in [0.29, 0.717) is 5.69 Å². The number of imidazole rings is 1. The van der Waals surface area contributed by atoms with E-state index in [4.69, 9.17) is 5.11 Å². The van der Waals surface area contributed by atoms with Gasteiger partial charge in [0.1, 0.15) is 6.04 Å². The lowest BCUT2D eigenvalue weighted by molar-refractivity contribution is -0.138. The molecule has 0 bridgehead atoms. The quantitative estimate of drug-likeness (QED) is 0.545. The maximum Gasteiger partial charge on any atom is 0.322 e. The monoisotopic (exact) mass is 311 g/mol. The summed E-state index contributed by atoms with van der Waals surface area (Å²) in [5, 5.41) is 7.76. The summed E-state index contributed by atoms with van der Waals surface area (Å²) in [6, 6.07) is -1.47. The molecule has 1 rings (SSSR count). The van der Waals surface area contributed by atoms with Crippen LogP contribution in [-0.4, -0.2) is 55.3 Å². The van der Waals surface area contributed by atoms with Crippen LogP contribution in [0.2, 0.25) is 0 Å². The highest BCUT2D eigenvalue weighted by Gasteiger charge is 2.27. The van der Waals surface area contributed by atoms with Crippen molar-refractivity contribution in [1.29, 1.82) is 0 Å². The third-order valence-electron chi connectivity index (χ3n) is 1.97. The topological polar surface area (TPSA) is 146 Å². The van der Waals surface area contributed by atoms with E-state index in [1.165, 1.54) is 12.5 Å². The molecule has 1 aromatic rings. The maximum absolute atomic E-state index is 11.5. The van der Waals surface area contributed by atoms with E-state index in [2.05, 4.69) is 9.97 Å². The number of H-pyrrole nitrogens is 1. The molecular formula is C8H13N3O6S2. The van der Waals surface area contributed by atoms with Crippen LogP contribution in [0.3, 0.4) is 0 Å². The molecule has 0 radical (unpaired) electrons. The van der Waals surface area contributed by atoms with Crippen molar-refractivity contribution in [3.05, 3.63) is 18.2 Å². The first-order valence-electron chi connectivity index (χ1n) is 4.97. The SMILES string of the molecule is CS(=O)(=O)CS(=O)(=O)N[C@@H](Cc1cnc[nH]1)C(=O)O. The van der Waals surface area contributed by atoms with Crippen molar-refractivity contribution in [2.45, 2.75) is 12.5 Å². The minimum absolute atomic E-state index is 0.168. The van der Waals surface area contributed by atoms with Gasteiger partial charge in [0.05, 0.1) is 6.33 Å². The van der Waals surface area contributed by atoms with Gasteiger partial charge < -0.3 is 10.1 Å². The predicted octanol–water partition coefficient (Wildman–Crippen LogP) is -1.67. The Morgan fingerprint density at radius 3 is 2.53 bits per heavy atom. The van der Waals surface area contributed by atoms with Crippen LogP contribution in [0.1, 0.15) is 5.69 Å². The van der Waals surface area contributed by atoms with E-state index < -0.39 is 37.0 Å². The lowest BCUT2D eigenvalue weighted by Crippen LogP contribution is -2.44. The molecule has 9 nitrogen and oxygen atoms in total. The highest BCUT2D eigenvalue weighted by Crippen LogP contribution is 2.02. The van der Waals surface area contributed by atoms with E-state index in [1.807, 2.05) is 4.72 Å². The molecule has 1 aromatic heterocycles. The molecule has 1 atom stereocenters. The van der Waals surface area contributed by atoms with Crippen LogP contribution in [-0.2, 0) is 31.1 Å². The Bertz CT molecular complexity index is 634. The van der Waals surface area contributed by atoms with Crippen molar-refractivity contribution in [1.82, 2.24) is 14.7 Å². The number of aromatic amines is 1. The fourth-order valence-electron chi connectivity index (χ4n) is 1.33. The average molecular weight is 311 g/mol. The van der Waals surface area contributed by atoms with Crippen LogP contribution in [0.5, 0.6) is 0 Å². The Morgan fingerprint density at radius 2 is 2.11 bits per heavy atom. The third kappa shape index (κ3) is 5.81. The second-order valence-corrected chi connectivity index (χ2v) is 8.21. The summed E-state index contributed by atoms with van der Waals surface area (Å²) >= 11 is 0. The molecule has 19 heavy (non-hydrogen) atoms. The Morgan fingerprint density at radius 1 is 1.47 bits per heavy atom. The molecule has 0 saturated carbocycles. The van der Waals surface area contributed by atoms with Crippen LogP contribution >= 0.6 is 0 Å². The van der Waals surface area contributed by atoms with Crippen LogP contribution in [0, 0.1) is 0 Å². The Hall–Kier alpha value is -1.46. The Kier molecular flexibility index (Phi) is 4.66. The van der Waals surface area contributed by atoms with Gasteiger partial charge in [-0.2, -0.15) is 4.72 Å². The number of aromatic nitrogens is 2. The van der Waals surface area contributed by atoms with Crippen molar-refractivity contribution < 1.29 is 26.7 Å². The lowest BCUT2D eigenvalue weighted by Gasteiger charge is -2.13. The van der Waals surface area contributed by atoms with E-state index in [-0.39, 0.29) is 6.42 Å². The van der Waals surface area contributed by atoms with Crippen molar-refractivity contribution in [3.63, 3.8) is 0 Å². The maximum atomic E-state index is 11.5. The molecule has 3 N–H and O–H groups in total. The zero-order valence-electron chi connectivity index (χ0n) is 9.90. The summed E-state index contributed by atoms with van der Waals surface area (Å²) in [5.41, 5.74) is 0.412. The molecule has 0 aliphatic heterocycles. The summed E-state index contributed by atoms with van der Waals surface area (Å²) in [5.74, 6) is -1.41. The number of carbonyl (C=O) groups is 1. The van der Waals surface area contributed by atoms with Gasteiger partial charge in [-0.1, -0.05) is 0 Å². The van der Waals surface area contributed by atoms with Crippen molar-refractivity contribution in [3.8, 4) is 0 Å². The number of hydrogen-bond donors (Lipinski definition) is 3. The van der Waals surface area contributed by atoms with Gasteiger partial charge in [0.25, 0.3) is 0 Å². The number of aliphatic carboxylic acids is 1. The number of carboxylic acid groups (broad SMARTS) is 1. The first-order valence-corrected chi connectivity index (χ1v) is 8.68. The zero-order valence-corrected chi connectivity index (χ0v) is 11.5. The highest BCUT2D eigenvalue weighted by molar-refractivity contribution is 8.06. The number of sulfonamides is 1. The van der Waals surface area contributed by atoms with Crippen molar-refractivity contribution >= 4 is 25.8 Å². The summed E-state index contributed by atoms with van der Waals surface area (Å²) in [6.07, 6.45) is 3.25. The largest absolute Gasteiger partial charge is 0.480 e. The van der Waals surface area contributed by atoms with Crippen LogP contribution in [0.4, 0.5) is 0 Å². The molecule has 108 valence electrons. The smallest absolute Gasteiger partial charge is 0.322 e. The standard InChI is InChI=1S/C8H13N3O6S2/c1-18(14,15)5-19(16,17)11-7(8(12)13)2-6-3-9-4-10-6/h3-4,7,11H,2,5H2,1H3,(H,9,10)(H,12,13)/t7-/m0/s1. The summed E-state index contributed by atoms with van der Waals surface area (Å²) in [6.45, 7) is 0. The van der Waals surface area contributed by atoms with Crippen LogP contribution < -0.4 is 4.72 Å². The molecule has 0 unspecified atom stereocenters. The molecule has 0 saturated heterocycles. The van der Waals surface area contributed by atoms with Gasteiger partial charge in [0.15, 0.2) is 14.9 Å². The number of carboxylic acids is 1. The van der Waals surface area contributed by atoms with Gasteiger partial charge in [0.2, 0.25) is 10.0 Å². The molecular weight excluding hydrogens is 298 g/mol. The second-order valence-electron chi connectivity index (χ2n) is 3.95. The molecule has 0 amide bonds. The Labute approximate surface area is 110 Å². The number of rotatable bonds is 7. The van der Waals surface area contributed by atoms with Gasteiger partial charge in [-0.05, 0) is 0 Å². The molecule has 0 aliphatic rings. The van der Waals surface area contributed by atoms with Gasteiger partial charge >= 0.3 is 5.97 Å². The van der Waals surface area contributed by atoms with Crippen molar-refractivity contribution in [2.75, 3.05) is 11.3 Å². The lowest BCUT2D eigenvalue weighted by atomic mass is 10.2. The molecule has 0 fully saturated rings. The minimum atomic E-state index is -4.24. The van der Waals surface area contributed by atoms with Gasteiger partial charge in [-0.25, -0.2) is 21.8 Å². The van der Waals surface area contributed by atoms with E-state index >= 15 is 0 Å². The fraction of sp³-hybridized carbons (Fsp3) is 0.500. The number of nitrogens with zero attached hydrogens (tertiary/aromatic N) is 1. The second kappa shape index (κ2) is 5.67. The zero-order chi connectivity index (χ0) is 14.7. The number of hydrogen-bond acceptors (Lipinski definition) is 6. The molecule has 11 heteroatoms. The van der Waals surface area contributed by atoms with Crippen LogP contribution in [0.15, 0.2) is 12.5 Å². The third-order valence-corrected chi connectivity index (χ3v) is 5.57. The Balaban J connectivity index is 2.82. The fourth-order valence-corrected chi connectivity index (χ4v) is 4.47. The van der Waals surface area contributed by atoms with Gasteiger partial charge in [-0.3, -0.25) is 4.79 Å². The first-order chi connectivity index (χ1) is 8.59.